The van der Waals surface area contributed by atoms with Crippen molar-refractivity contribution in [3.63, 3.8) is 0 Å². The third-order valence-electron chi connectivity index (χ3n) is 4.98. The number of carbonyl (C=O) groups excluding carboxylic acids is 1. The van der Waals surface area contributed by atoms with Crippen LogP contribution in [0.3, 0.4) is 0 Å². The highest BCUT2D eigenvalue weighted by molar-refractivity contribution is 7.89. The third-order valence-corrected chi connectivity index (χ3v) is 6.88. The minimum Gasteiger partial charge on any atom is -0.379 e. The summed E-state index contributed by atoms with van der Waals surface area (Å²) in [4.78, 5) is 12.6. The Morgan fingerprint density at radius 2 is 1.83 bits per heavy atom. The van der Waals surface area contributed by atoms with Gasteiger partial charge in [0.2, 0.25) is 10.0 Å². The molecule has 1 aliphatic heterocycles. The predicted octanol–water partition coefficient (Wildman–Crippen LogP) is 3.04. The van der Waals surface area contributed by atoms with E-state index in [1.54, 1.807) is 0 Å². The number of hydrogen-bond donors (Lipinski definition) is 1. The lowest BCUT2D eigenvalue weighted by molar-refractivity contribution is 0.0730. The number of aryl methyl sites for hydroxylation is 1. The number of rotatable bonds is 6. The molecule has 1 heterocycles. The summed E-state index contributed by atoms with van der Waals surface area (Å²) >= 11 is 0. The zero-order chi connectivity index (χ0) is 21.0. The SMILES string of the molecule is CC[C@@H](NC(=O)c1cc(S(=O)(=O)N2CCOCC2)ccc1F)c1ccc(C)cc1. The van der Waals surface area contributed by atoms with Crippen molar-refractivity contribution in [1.29, 1.82) is 0 Å². The number of nitrogens with zero attached hydrogens (tertiary/aromatic N) is 1. The Morgan fingerprint density at radius 3 is 2.45 bits per heavy atom. The Balaban J connectivity index is 1.85. The highest BCUT2D eigenvalue weighted by Gasteiger charge is 2.28. The number of carbonyl (C=O) groups is 1. The van der Waals surface area contributed by atoms with Crippen LogP contribution < -0.4 is 5.32 Å². The molecule has 1 atom stereocenters. The first-order valence-corrected chi connectivity index (χ1v) is 11.0. The molecule has 1 amide bonds. The van der Waals surface area contributed by atoms with Gasteiger partial charge in [0.05, 0.1) is 29.7 Å². The van der Waals surface area contributed by atoms with Gasteiger partial charge in [-0.2, -0.15) is 4.31 Å². The molecule has 6 nitrogen and oxygen atoms in total. The van der Waals surface area contributed by atoms with Crippen LogP contribution in [0.2, 0.25) is 0 Å². The van der Waals surface area contributed by atoms with E-state index < -0.39 is 21.7 Å². The van der Waals surface area contributed by atoms with Gasteiger partial charge in [-0.15, -0.1) is 0 Å². The predicted molar refractivity (Wildman–Crippen MR) is 108 cm³/mol. The lowest BCUT2D eigenvalue weighted by atomic mass is 10.0. The molecule has 0 aliphatic carbocycles. The van der Waals surface area contributed by atoms with Crippen LogP contribution in [-0.4, -0.2) is 44.9 Å². The summed E-state index contributed by atoms with van der Waals surface area (Å²) in [6.45, 7) is 4.96. The van der Waals surface area contributed by atoms with Crippen LogP contribution in [0.25, 0.3) is 0 Å². The maximum absolute atomic E-state index is 14.4. The van der Waals surface area contributed by atoms with Crippen molar-refractivity contribution in [1.82, 2.24) is 9.62 Å². The summed E-state index contributed by atoms with van der Waals surface area (Å²) in [5.41, 5.74) is 1.72. The third kappa shape index (κ3) is 4.83. The molecule has 3 rings (SSSR count). The molecular weight excluding hydrogens is 395 g/mol. The van der Waals surface area contributed by atoms with E-state index in [1.807, 2.05) is 38.1 Å². The molecule has 2 aromatic carbocycles. The van der Waals surface area contributed by atoms with Gasteiger partial charge in [-0.25, -0.2) is 12.8 Å². The van der Waals surface area contributed by atoms with E-state index in [4.69, 9.17) is 4.74 Å². The molecule has 0 bridgehead atoms. The molecule has 156 valence electrons. The van der Waals surface area contributed by atoms with Crippen molar-refractivity contribution in [2.75, 3.05) is 26.3 Å². The molecule has 0 spiro atoms. The van der Waals surface area contributed by atoms with Crippen molar-refractivity contribution >= 4 is 15.9 Å². The first kappa shape index (κ1) is 21.4. The maximum atomic E-state index is 14.4. The maximum Gasteiger partial charge on any atom is 0.254 e. The second kappa shape index (κ2) is 9.02. The number of nitrogens with one attached hydrogen (secondary N) is 1. The molecule has 1 saturated heterocycles. The highest BCUT2D eigenvalue weighted by atomic mass is 32.2. The monoisotopic (exact) mass is 420 g/mol. The second-order valence-corrected chi connectivity index (χ2v) is 8.94. The summed E-state index contributed by atoms with van der Waals surface area (Å²) in [6.07, 6.45) is 0.613. The van der Waals surface area contributed by atoms with E-state index in [0.717, 1.165) is 23.3 Å². The fourth-order valence-corrected chi connectivity index (χ4v) is 4.67. The Kier molecular flexibility index (Phi) is 6.66. The summed E-state index contributed by atoms with van der Waals surface area (Å²) in [7, 11) is -3.82. The lowest BCUT2D eigenvalue weighted by Gasteiger charge is -2.26. The van der Waals surface area contributed by atoms with Gasteiger partial charge < -0.3 is 10.1 Å². The molecule has 29 heavy (non-hydrogen) atoms. The lowest BCUT2D eigenvalue weighted by Crippen LogP contribution is -2.40. The van der Waals surface area contributed by atoms with Crippen molar-refractivity contribution in [2.45, 2.75) is 31.2 Å². The Morgan fingerprint density at radius 1 is 1.17 bits per heavy atom. The van der Waals surface area contributed by atoms with Gasteiger partial charge in [0.25, 0.3) is 5.91 Å². The van der Waals surface area contributed by atoms with Crippen LogP contribution in [0.15, 0.2) is 47.4 Å². The van der Waals surface area contributed by atoms with Crippen molar-refractivity contribution in [3.8, 4) is 0 Å². The number of hydrogen-bond acceptors (Lipinski definition) is 4. The normalized spacial score (nSPS) is 16.4. The average Bonchev–Trinajstić information content (AvgIpc) is 2.73. The topological polar surface area (TPSA) is 75.7 Å². The molecule has 0 saturated carbocycles. The van der Waals surface area contributed by atoms with Gasteiger partial charge in [-0.1, -0.05) is 36.8 Å². The zero-order valence-corrected chi connectivity index (χ0v) is 17.3. The van der Waals surface area contributed by atoms with Gasteiger partial charge in [0, 0.05) is 13.1 Å². The number of morpholine rings is 1. The molecular formula is C21H25FN2O4S. The van der Waals surface area contributed by atoms with Gasteiger partial charge >= 0.3 is 0 Å². The number of amides is 1. The van der Waals surface area contributed by atoms with Gasteiger partial charge in [-0.3, -0.25) is 4.79 Å². The molecule has 0 unspecified atom stereocenters. The van der Waals surface area contributed by atoms with Crippen LogP contribution in [0.5, 0.6) is 0 Å². The Bertz CT molecular complexity index is 971. The first-order chi connectivity index (χ1) is 13.8. The van der Waals surface area contributed by atoms with Gasteiger partial charge in [-0.05, 0) is 37.1 Å². The molecule has 2 aromatic rings. The van der Waals surface area contributed by atoms with E-state index >= 15 is 0 Å². The number of halogens is 1. The molecule has 1 fully saturated rings. The van der Waals surface area contributed by atoms with Gasteiger partial charge in [0.15, 0.2) is 0 Å². The number of sulfonamides is 1. The summed E-state index contributed by atoms with van der Waals surface area (Å²) < 4.78 is 46.5. The first-order valence-electron chi connectivity index (χ1n) is 9.58. The van der Waals surface area contributed by atoms with E-state index in [-0.39, 0.29) is 29.6 Å². The van der Waals surface area contributed by atoms with E-state index in [0.29, 0.717) is 19.6 Å². The van der Waals surface area contributed by atoms with Crippen LogP contribution >= 0.6 is 0 Å². The summed E-state index contributed by atoms with van der Waals surface area (Å²) in [5, 5.41) is 2.81. The largest absolute Gasteiger partial charge is 0.379 e. The van der Waals surface area contributed by atoms with Crippen molar-refractivity contribution < 1.29 is 22.3 Å². The average molecular weight is 421 g/mol. The van der Waals surface area contributed by atoms with Crippen LogP contribution in [-0.2, 0) is 14.8 Å². The standard InChI is InChI=1S/C21H25FN2O4S/c1-3-20(16-6-4-15(2)5-7-16)23-21(25)18-14-17(8-9-19(18)22)29(26,27)24-10-12-28-13-11-24/h4-9,14,20H,3,10-13H2,1-2H3,(H,23,25)/t20-/m1/s1. The second-order valence-electron chi connectivity index (χ2n) is 7.00. The van der Waals surface area contributed by atoms with Crippen LogP contribution in [0.4, 0.5) is 4.39 Å². The van der Waals surface area contributed by atoms with Crippen molar-refractivity contribution in [2.24, 2.45) is 0 Å². The smallest absolute Gasteiger partial charge is 0.254 e. The molecule has 0 radical (unpaired) electrons. The molecule has 0 aromatic heterocycles. The fourth-order valence-electron chi connectivity index (χ4n) is 3.23. The summed E-state index contributed by atoms with van der Waals surface area (Å²) in [6, 6.07) is 10.7. The number of ether oxygens (including phenoxy) is 1. The summed E-state index contributed by atoms with van der Waals surface area (Å²) in [5.74, 6) is -1.41. The van der Waals surface area contributed by atoms with Crippen LogP contribution in [0.1, 0.15) is 40.9 Å². The molecule has 1 aliphatic rings. The molecule has 8 heteroatoms. The highest BCUT2D eigenvalue weighted by Crippen LogP contribution is 2.22. The van der Waals surface area contributed by atoms with E-state index in [1.165, 1.54) is 10.4 Å². The minimum atomic E-state index is -3.82. The zero-order valence-electron chi connectivity index (χ0n) is 16.5. The Labute approximate surface area is 170 Å². The van der Waals surface area contributed by atoms with Crippen molar-refractivity contribution in [3.05, 3.63) is 65.0 Å². The van der Waals surface area contributed by atoms with E-state index in [2.05, 4.69) is 5.32 Å². The van der Waals surface area contributed by atoms with E-state index in [9.17, 15) is 17.6 Å². The van der Waals surface area contributed by atoms with Crippen LogP contribution in [0, 0.1) is 12.7 Å². The number of benzene rings is 2. The van der Waals surface area contributed by atoms with Gasteiger partial charge in [0.1, 0.15) is 5.82 Å². The minimum absolute atomic E-state index is 0.102. The Hall–Kier alpha value is -2.29. The fraction of sp³-hybridized carbons (Fsp3) is 0.381. The quantitative estimate of drug-likeness (QED) is 0.779. The molecule has 1 N–H and O–H groups in total.